The Morgan fingerprint density at radius 1 is 1.00 bits per heavy atom. The molecule has 0 atom stereocenters. The second-order valence-electron chi connectivity index (χ2n) is 0.346. The van der Waals surface area contributed by atoms with Gasteiger partial charge in [-0.3, -0.25) is 0 Å². The molecule has 0 rings (SSSR count). The summed E-state index contributed by atoms with van der Waals surface area (Å²) in [5, 5.41) is 21.5. The van der Waals surface area contributed by atoms with Gasteiger partial charge in [0.05, 0.1) is 0 Å². The van der Waals surface area contributed by atoms with Gasteiger partial charge in [-0.25, -0.2) is 0 Å². The van der Waals surface area contributed by atoms with Crippen molar-refractivity contribution in [2.45, 2.75) is 0 Å². The summed E-state index contributed by atoms with van der Waals surface area (Å²) in [6.45, 7) is 0. The fourth-order valence-corrected chi connectivity index (χ4v) is 0. The smallest absolute Gasteiger partial charge is 0.402 e. The summed E-state index contributed by atoms with van der Waals surface area (Å²) in [4.78, 5) is 0. The van der Waals surface area contributed by atoms with Crippen LogP contribution in [0.4, 0.5) is 0 Å². The van der Waals surface area contributed by atoms with Gasteiger partial charge in [0.1, 0.15) is 0 Å². The molecule has 0 spiro atoms. The van der Waals surface area contributed by atoms with Gasteiger partial charge in [0.15, 0.2) is 0 Å². The summed E-state index contributed by atoms with van der Waals surface area (Å²) in [5.41, 5.74) is 0. The van der Waals surface area contributed by atoms with Crippen LogP contribution in [-0.4, -0.2) is 73.8 Å². The molecule has 0 aromatic carbocycles. The van der Waals surface area contributed by atoms with Crippen LogP contribution in [0.15, 0.2) is 0 Å². The molecule has 0 bridgehead atoms. The second kappa shape index (κ2) is 5.58. The quantitative estimate of drug-likeness (QED) is 0.297. The van der Waals surface area contributed by atoms with E-state index in [9.17, 15) is 0 Å². The van der Waals surface area contributed by atoms with E-state index in [0.29, 0.717) is 0 Å². The Kier molecular flexibility index (Phi) is 10.9. The van der Waals surface area contributed by atoms with Gasteiger partial charge in [-0.15, -0.1) is 0 Å². The summed E-state index contributed by atoms with van der Waals surface area (Å²) in [6.07, 6.45) is 0. The first-order valence-electron chi connectivity index (χ1n) is 0.775. The molecule has 0 aromatic heterocycles. The molecule has 0 heterocycles. The third kappa shape index (κ3) is 28.6. The van der Waals surface area contributed by atoms with E-state index >= 15 is 0 Å². The van der Waals surface area contributed by atoms with Crippen molar-refractivity contribution in [1.82, 2.24) is 0 Å². The maximum absolute atomic E-state index is 7.17. The Hall–Kier alpha value is 1.58. The molecular weight excluding hydrogens is 97.9 g/mol. The van der Waals surface area contributed by atoms with Gasteiger partial charge in [-0.2, -0.15) is 0 Å². The monoisotopic (exact) mass is 101 g/mol. The minimum absolute atomic E-state index is 0. The number of hydrogen-bond acceptors (Lipinski definition) is 3. The van der Waals surface area contributed by atoms with E-state index in [2.05, 4.69) is 0 Å². The van der Waals surface area contributed by atoms with Crippen LogP contribution in [0.2, 0.25) is 0 Å². The van der Waals surface area contributed by atoms with Crippen molar-refractivity contribution < 1.29 is 15.1 Å². The SMILES string of the molecule is OB(O)O.[K]. The van der Waals surface area contributed by atoms with Crippen LogP contribution in [0.1, 0.15) is 0 Å². The molecule has 5 heavy (non-hydrogen) atoms. The van der Waals surface area contributed by atoms with E-state index in [1.807, 2.05) is 0 Å². The summed E-state index contributed by atoms with van der Waals surface area (Å²) in [6, 6.07) is 0. The van der Waals surface area contributed by atoms with Crippen LogP contribution in [0.25, 0.3) is 0 Å². The van der Waals surface area contributed by atoms with E-state index in [-0.39, 0.29) is 51.4 Å². The van der Waals surface area contributed by atoms with Crippen molar-refractivity contribution >= 4 is 58.7 Å². The largest absolute Gasteiger partial charge is 0.631 e. The predicted octanol–water partition coefficient (Wildman–Crippen LogP) is -2.43. The first-order chi connectivity index (χ1) is 1.73. The maximum Gasteiger partial charge on any atom is 0.631 e. The average Bonchev–Trinajstić information content (AvgIpc) is 0.811. The molecule has 5 heteroatoms. The van der Waals surface area contributed by atoms with Crippen LogP contribution in [0.5, 0.6) is 0 Å². The maximum atomic E-state index is 7.17. The van der Waals surface area contributed by atoms with Gasteiger partial charge in [0.25, 0.3) is 0 Å². The fourth-order valence-electron chi connectivity index (χ4n) is 0. The Balaban J connectivity index is 0. The molecule has 0 fully saturated rings. The Morgan fingerprint density at radius 3 is 1.00 bits per heavy atom. The topological polar surface area (TPSA) is 60.7 Å². The van der Waals surface area contributed by atoms with Gasteiger partial charge >= 0.3 is 7.32 Å². The van der Waals surface area contributed by atoms with Crippen LogP contribution in [0, 0.1) is 0 Å². The summed E-state index contributed by atoms with van der Waals surface area (Å²) >= 11 is 0. The van der Waals surface area contributed by atoms with Crippen molar-refractivity contribution in [2.75, 3.05) is 0 Å². The molecule has 3 nitrogen and oxygen atoms in total. The molecule has 0 saturated carbocycles. The van der Waals surface area contributed by atoms with E-state index in [1.165, 1.54) is 0 Å². The van der Waals surface area contributed by atoms with Crippen molar-refractivity contribution in [2.24, 2.45) is 0 Å². The molecular formula is H3BKO3. The van der Waals surface area contributed by atoms with Gasteiger partial charge in [-0.1, -0.05) is 0 Å². The number of hydrogen-bond donors (Lipinski definition) is 3. The third-order valence-electron chi connectivity index (χ3n) is 0. The zero-order valence-electron chi connectivity index (χ0n) is 2.92. The second-order valence-corrected chi connectivity index (χ2v) is 0.346. The third-order valence-corrected chi connectivity index (χ3v) is 0. The first kappa shape index (κ1) is 9.77. The molecule has 3 N–H and O–H groups in total. The minimum Gasteiger partial charge on any atom is -0.402 e. The molecule has 0 aliphatic rings. The van der Waals surface area contributed by atoms with Crippen molar-refractivity contribution in [3.8, 4) is 0 Å². The van der Waals surface area contributed by atoms with Crippen LogP contribution in [-0.2, 0) is 0 Å². The van der Waals surface area contributed by atoms with Gasteiger partial charge in [-0.05, 0) is 0 Å². The van der Waals surface area contributed by atoms with Crippen LogP contribution in [0.3, 0.4) is 0 Å². The van der Waals surface area contributed by atoms with Gasteiger partial charge < -0.3 is 15.1 Å². The van der Waals surface area contributed by atoms with Crippen LogP contribution >= 0.6 is 0 Å². The Morgan fingerprint density at radius 2 is 1.00 bits per heavy atom. The fraction of sp³-hybridized carbons (Fsp3) is 0. The average molecular weight is 101 g/mol. The molecule has 0 amide bonds. The van der Waals surface area contributed by atoms with E-state index in [0.717, 1.165) is 0 Å². The summed E-state index contributed by atoms with van der Waals surface area (Å²) < 4.78 is 0. The Bertz CT molecular complexity index is 11.6. The van der Waals surface area contributed by atoms with Crippen molar-refractivity contribution in [1.29, 1.82) is 0 Å². The summed E-state index contributed by atoms with van der Waals surface area (Å²) in [7, 11) is -2.17. The van der Waals surface area contributed by atoms with E-state index in [4.69, 9.17) is 15.1 Å². The zero-order chi connectivity index (χ0) is 3.58. The number of rotatable bonds is 0. The predicted molar refractivity (Wildman–Crippen MR) is 18.2 cm³/mol. The van der Waals surface area contributed by atoms with E-state index in [1.54, 1.807) is 0 Å². The van der Waals surface area contributed by atoms with Gasteiger partial charge in [0, 0.05) is 51.4 Å². The molecule has 0 aliphatic carbocycles. The van der Waals surface area contributed by atoms with Gasteiger partial charge in [0.2, 0.25) is 0 Å². The molecule has 0 unspecified atom stereocenters. The van der Waals surface area contributed by atoms with Crippen molar-refractivity contribution in [3.63, 3.8) is 0 Å². The summed E-state index contributed by atoms with van der Waals surface area (Å²) in [5.74, 6) is 0. The van der Waals surface area contributed by atoms with Crippen molar-refractivity contribution in [3.05, 3.63) is 0 Å². The molecule has 0 saturated heterocycles. The van der Waals surface area contributed by atoms with E-state index < -0.39 is 7.32 Å². The molecule has 1 radical (unpaired) electrons. The zero-order valence-corrected chi connectivity index (χ0v) is 6.04. The molecule has 25 valence electrons. The standard InChI is InChI=1S/BH3O3.K/c2-1(3)4;/h2-4H;. The van der Waals surface area contributed by atoms with Crippen LogP contribution < -0.4 is 0 Å². The molecule has 0 aromatic rings. The Labute approximate surface area is 72.6 Å². The minimum atomic E-state index is -2.17. The first-order valence-corrected chi connectivity index (χ1v) is 0.775. The molecule has 0 aliphatic heterocycles. The normalized spacial score (nSPS) is 5.40.